The minimum atomic E-state index is -0.595. The van der Waals surface area contributed by atoms with Gasteiger partial charge in [0, 0.05) is 11.7 Å². The topological polar surface area (TPSA) is 60.2 Å². The standard InChI is InChI=1S/C25H25N3O2S/c29-22(16-30-23-13-12-19-8-4-5-9-21(19)14-23)17-31-25-27-26-24(20-10-11-20)28(25)15-18-6-2-1-3-7-18/h1-9,12-14,20,22,29H,10-11,15-17H2. The largest absolute Gasteiger partial charge is 0.491 e. The lowest BCUT2D eigenvalue weighted by atomic mass is 10.1. The van der Waals surface area contributed by atoms with Gasteiger partial charge in [0.05, 0.1) is 12.6 Å². The fraction of sp³-hybridized carbons (Fsp3) is 0.280. The fourth-order valence-corrected chi connectivity index (χ4v) is 4.48. The number of rotatable bonds is 9. The molecule has 0 spiro atoms. The summed E-state index contributed by atoms with van der Waals surface area (Å²) in [5.74, 6) is 2.86. The molecule has 1 atom stereocenters. The molecule has 0 bridgehead atoms. The van der Waals surface area contributed by atoms with Crippen LogP contribution in [0.25, 0.3) is 10.8 Å². The van der Waals surface area contributed by atoms with E-state index in [1.165, 1.54) is 35.6 Å². The van der Waals surface area contributed by atoms with E-state index in [0.717, 1.165) is 28.7 Å². The van der Waals surface area contributed by atoms with Crippen molar-refractivity contribution in [1.82, 2.24) is 14.8 Å². The number of fused-ring (bicyclic) bond motifs is 1. The second kappa shape index (κ2) is 9.12. The van der Waals surface area contributed by atoms with E-state index in [4.69, 9.17) is 4.74 Å². The summed E-state index contributed by atoms with van der Waals surface area (Å²) in [5, 5.41) is 22.5. The van der Waals surface area contributed by atoms with E-state index in [2.05, 4.69) is 51.2 Å². The molecule has 1 unspecified atom stereocenters. The van der Waals surface area contributed by atoms with Gasteiger partial charge in [-0.1, -0.05) is 72.4 Å². The van der Waals surface area contributed by atoms with Crippen molar-refractivity contribution in [2.45, 2.75) is 36.6 Å². The van der Waals surface area contributed by atoms with E-state index in [1.54, 1.807) is 0 Å². The van der Waals surface area contributed by atoms with Crippen LogP contribution in [0, 0.1) is 0 Å². The smallest absolute Gasteiger partial charge is 0.191 e. The number of aromatic nitrogens is 3. The SMILES string of the molecule is OC(COc1ccc2ccccc2c1)CSc1nnc(C2CC2)n1Cc1ccccc1. The molecule has 1 fully saturated rings. The molecule has 5 rings (SSSR count). The molecule has 1 aliphatic carbocycles. The molecular formula is C25H25N3O2S. The third kappa shape index (κ3) is 4.92. The van der Waals surface area contributed by atoms with Crippen LogP contribution in [-0.2, 0) is 6.54 Å². The Morgan fingerprint density at radius 3 is 2.55 bits per heavy atom. The van der Waals surface area contributed by atoms with Crippen molar-refractivity contribution < 1.29 is 9.84 Å². The molecule has 5 nitrogen and oxygen atoms in total. The molecule has 0 radical (unpaired) electrons. The van der Waals surface area contributed by atoms with Crippen LogP contribution in [0.4, 0.5) is 0 Å². The highest BCUT2D eigenvalue weighted by Gasteiger charge is 2.30. The van der Waals surface area contributed by atoms with E-state index in [1.807, 2.05) is 36.4 Å². The van der Waals surface area contributed by atoms with Gasteiger partial charge in [-0.05, 0) is 41.3 Å². The molecule has 0 saturated heterocycles. The van der Waals surface area contributed by atoms with Crippen LogP contribution < -0.4 is 4.74 Å². The fourth-order valence-electron chi connectivity index (χ4n) is 3.63. The summed E-state index contributed by atoms with van der Waals surface area (Å²) in [7, 11) is 0. The van der Waals surface area contributed by atoms with Crippen LogP contribution in [0.1, 0.15) is 30.1 Å². The van der Waals surface area contributed by atoms with Crippen LogP contribution >= 0.6 is 11.8 Å². The molecule has 0 amide bonds. The van der Waals surface area contributed by atoms with E-state index >= 15 is 0 Å². The lowest BCUT2D eigenvalue weighted by Gasteiger charge is -2.14. The van der Waals surface area contributed by atoms with Crippen molar-refractivity contribution in [2.75, 3.05) is 12.4 Å². The van der Waals surface area contributed by atoms with Crippen LogP contribution in [0.2, 0.25) is 0 Å². The first kappa shape index (κ1) is 20.1. The molecular weight excluding hydrogens is 406 g/mol. The van der Waals surface area contributed by atoms with Crippen LogP contribution in [0.5, 0.6) is 5.75 Å². The first-order valence-electron chi connectivity index (χ1n) is 10.7. The molecule has 31 heavy (non-hydrogen) atoms. The van der Waals surface area contributed by atoms with Gasteiger partial charge in [0.25, 0.3) is 0 Å². The molecule has 3 aromatic carbocycles. The minimum absolute atomic E-state index is 0.244. The van der Waals surface area contributed by atoms with Gasteiger partial charge in [0.1, 0.15) is 18.2 Å². The number of thioether (sulfide) groups is 1. The maximum atomic E-state index is 10.5. The predicted molar refractivity (Wildman–Crippen MR) is 124 cm³/mol. The molecule has 6 heteroatoms. The zero-order valence-electron chi connectivity index (χ0n) is 17.2. The molecule has 0 aliphatic heterocycles. The normalized spacial score (nSPS) is 14.6. The number of aliphatic hydroxyl groups excluding tert-OH is 1. The minimum Gasteiger partial charge on any atom is -0.491 e. The van der Waals surface area contributed by atoms with E-state index < -0.39 is 6.10 Å². The van der Waals surface area contributed by atoms with Gasteiger partial charge >= 0.3 is 0 Å². The third-order valence-electron chi connectivity index (χ3n) is 5.44. The molecule has 1 heterocycles. The van der Waals surface area contributed by atoms with Crippen molar-refractivity contribution in [1.29, 1.82) is 0 Å². The zero-order chi connectivity index (χ0) is 21.0. The maximum Gasteiger partial charge on any atom is 0.191 e. The highest BCUT2D eigenvalue weighted by molar-refractivity contribution is 7.99. The van der Waals surface area contributed by atoms with Crippen LogP contribution in [-0.4, -0.2) is 38.3 Å². The quantitative estimate of drug-likeness (QED) is 0.383. The Balaban J connectivity index is 1.21. The highest BCUT2D eigenvalue weighted by Crippen LogP contribution is 2.40. The number of ether oxygens (including phenoxy) is 1. The monoisotopic (exact) mass is 431 g/mol. The Morgan fingerprint density at radius 2 is 1.74 bits per heavy atom. The Morgan fingerprint density at radius 1 is 0.968 bits per heavy atom. The number of aliphatic hydroxyl groups is 1. The average Bonchev–Trinajstić information content (AvgIpc) is 3.58. The van der Waals surface area contributed by atoms with E-state index in [9.17, 15) is 5.11 Å². The van der Waals surface area contributed by atoms with Crippen molar-refractivity contribution in [3.63, 3.8) is 0 Å². The summed E-state index contributed by atoms with van der Waals surface area (Å²) in [4.78, 5) is 0. The van der Waals surface area contributed by atoms with Gasteiger partial charge in [-0.25, -0.2) is 0 Å². The lowest BCUT2D eigenvalue weighted by Crippen LogP contribution is -2.20. The number of hydrogen-bond donors (Lipinski definition) is 1. The van der Waals surface area contributed by atoms with Crippen molar-refractivity contribution in [3.8, 4) is 5.75 Å². The molecule has 158 valence electrons. The van der Waals surface area contributed by atoms with E-state index in [0.29, 0.717) is 11.7 Å². The Labute approximate surface area is 186 Å². The maximum absolute atomic E-state index is 10.5. The predicted octanol–water partition coefficient (Wildman–Crippen LogP) is 4.89. The number of nitrogens with zero attached hydrogens (tertiary/aromatic N) is 3. The third-order valence-corrected chi connectivity index (χ3v) is 6.55. The molecule has 1 N–H and O–H groups in total. The first-order valence-corrected chi connectivity index (χ1v) is 11.6. The lowest BCUT2D eigenvalue weighted by molar-refractivity contribution is 0.126. The average molecular weight is 432 g/mol. The summed E-state index contributed by atoms with van der Waals surface area (Å²) in [6.07, 6.45) is 1.77. The number of benzene rings is 3. The highest BCUT2D eigenvalue weighted by atomic mass is 32.2. The molecule has 1 aliphatic rings. The van der Waals surface area contributed by atoms with E-state index in [-0.39, 0.29) is 6.61 Å². The van der Waals surface area contributed by atoms with Gasteiger partial charge in [-0.3, -0.25) is 0 Å². The van der Waals surface area contributed by atoms with Gasteiger partial charge in [0.15, 0.2) is 5.16 Å². The van der Waals surface area contributed by atoms with Crippen molar-refractivity contribution >= 4 is 22.5 Å². The first-order chi connectivity index (χ1) is 15.3. The Hall–Kier alpha value is -2.83. The second-order valence-corrected chi connectivity index (χ2v) is 8.96. The number of hydrogen-bond acceptors (Lipinski definition) is 5. The summed E-state index contributed by atoms with van der Waals surface area (Å²) in [5.41, 5.74) is 1.23. The van der Waals surface area contributed by atoms with Crippen molar-refractivity contribution in [3.05, 3.63) is 84.2 Å². The van der Waals surface area contributed by atoms with Crippen LogP contribution in [0.15, 0.2) is 78.0 Å². The second-order valence-electron chi connectivity index (χ2n) is 7.97. The van der Waals surface area contributed by atoms with Gasteiger partial charge in [0.2, 0.25) is 0 Å². The summed E-state index contributed by atoms with van der Waals surface area (Å²) in [6.45, 7) is 0.999. The summed E-state index contributed by atoms with van der Waals surface area (Å²) in [6, 6.07) is 24.5. The summed E-state index contributed by atoms with van der Waals surface area (Å²) >= 11 is 1.54. The Kier molecular flexibility index (Phi) is 5.91. The molecule has 1 saturated carbocycles. The summed E-state index contributed by atoms with van der Waals surface area (Å²) < 4.78 is 8.04. The van der Waals surface area contributed by atoms with Gasteiger partial charge < -0.3 is 14.4 Å². The molecule has 4 aromatic rings. The molecule has 1 aromatic heterocycles. The van der Waals surface area contributed by atoms with Crippen LogP contribution in [0.3, 0.4) is 0 Å². The van der Waals surface area contributed by atoms with Crippen molar-refractivity contribution in [2.24, 2.45) is 0 Å². The van der Waals surface area contributed by atoms with Gasteiger partial charge in [-0.15, -0.1) is 10.2 Å². The van der Waals surface area contributed by atoms with Gasteiger partial charge in [-0.2, -0.15) is 0 Å². The Bertz CT molecular complexity index is 1160. The zero-order valence-corrected chi connectivity index (χ0v) is 18.0.